The summed E-state index contributed by atoms with van der Waals surface area (Å²) in [5.74, 6) is 0.700. The topological polar surface area (TPSA) is 56.5 Å². The van der Waals surface area contributed by atoms with Gasteiger partial charge < -0.3 is 9.15 Å². The Morgan fingerprint density at radius 3 is 2.76 bits per heavy atom. The lowest BCUT2D eigenvalue weighted by molar-refractivity contribution is -0.139. The zero-order valence-electron chi connectivity index (χ0n) is 10.3. The fourth-order valence-electron chi connectivity index (χ4n) is 1.56. The van der Waals surface area contributed by atoms with Crippen LogP contribution in [0.2, 0.25) is 0 Å². The lowest BCUT2D eigenvalue weighted by Gasteiger charge is -1.96. The Morgan fingerprint density at radius 1 is 1.35 bits per heavy atom. The van der Waals surface area contributed by atoms with Gasteiger partial charge in [0.1, 0.15) is 11.5 Å². The van der Waals surface area contributed by atoms with Gasteiger partial charge in [0.2, 0.25) is 0 Å². The summed E-state index contributed by atoms with van der Waals surface area (Å²) in [7, 11) is 1.35. The second-order valence-corrected chi connectivity index (χ2v) is 3.96. The summed E-state index contributed by atoms with van der Waals surface area (Å²) in [6.45, 7) is 1.99. The molecule has 0 N–H and O–H groups in total. The highest BCUT2D eigenvalue weighted by atomic mass is 16.5. The average molecular weight is 238 g/mol. The van der Waals surface area contributed by atoms with Gasteiger partial charge in [-0.3, -0.25) is 9.59 Å². The summed E-state index contributed by atoms with van der Waals surface area (Å²) >= 11 is 0. The Bertz CT molecular complexity index is 379. The van der Waals surface area contributed by atoms with Gasteiger partial charge in [-0.15, -0.1) is 0 Å². The first kappa shape index (κ1) is 13.5. The summed E-state index contributed by atoms with van der Waals surface area (Å²) in [6.07, 6.45) is 4.35. The maximum absolute atomic E-state index is 11.3. The zero-order chi connectivity index (χ0) is 12.7. The van der Waals surface area contributed by atoms with Gasteiger partial charge in [-0.25, -0.2) is 0 Å². The predicted molar refractivity (Wildman–Crippen MR) is 62.7 cm³/mol. The number of esters is 1. The number of Topliss-reactive ketones (excluding diaryl/α,β-unsaturated/α-hetero) is 1. The van der Waals surface area contributed by atoms with Crippen LogP contribution < -0.4 is 0 Å². The van der Waals surface area contributed by atoms with Gasteiger partial charge in [-0.1, -0.05) is 6.92 Å². The maximum Gasteiger partial charge on any atom is 0.310 e. The first-order valence-corrected chi connectivity index (χ1v) is 5.80. The third-order valence-electron chi connectivity index (χ3n) is 2.46. The minimum Gasteiger partial charge on any atom is -0.469 e. The third-order valence-corrected chi connectivity index (χ3v) is 2.46. The van der Waals surface area contributed by atoms with Crippen molar-refractivity contribution >= 4 is 11.8 Å². The molecule has 0 spiro atoms. The Morgan fingerprint density at radius 2 is 2.12 bits per heavy atom. The molecule has 0 aliphatic heterocycles. The van der Waals surface area contributed by atoms with Crippen LogP contribution in [0.5, 0.6) is 0 Å². The highest BCUT2D eigenvalue weighted by molar-refractivity contribution is 5.78. The lowest BCUT2D eigenvalue weighted by Crippen LogP contribution is -2.03. The van der Waals surface area contributed by atoms with Crippen molar-refractivity contribution < 1.29 is 18.7 Å². The quantitative estimate of drug-likeness (QED) is 0.684. The first-order valence-electron chi connectivity index (χ1n) is 5.80. The number of furan rings is 1. The Kier molecular flexibility index (Phi) is 5.46. The number of rotatable bonds is 7. The second kappa shape index (κ2) is 6.89. The van der Waals surface area contributed by atoms with Crippen molar-refractivity contribution in [3.05, 3.63) is 23.7 Å². The molecule has 0 bridgehead atoms. The van der Waals surface area contributed by atoms with Crippen LogP contribution in [-0.2, 0) is 27.2 Å². The standard InChI is InChI=1S/C13H18O4/c1-3-4-11(14)5-6-12-7-10(9-17-12)8-13(15)16-2/h7,9H,3-6,8H2,1-2H3. The van der Waals surface area contributed by atoms with Gasteiger partial charge >= 0.3 is 5.97 Å². The van der Waals surface area contributed by atoms with Gasteiger partial charge in [0.25, 0.3) is 0 Å². The second-order valence-electron chi connectivity index (χ2n) is 3.96. The van der Waals surface area contributed by atoms with Gasteiger partial charge in [-0.2, -0.15) is 0 Å². The molecule has 0 fully saturated rings. The van der Waals surface area contributed by atoms with E-state index in [4.69, 9.17) is 4.42 Å². The normalized spacial score (nSPS) is 10.2. The van der Waals surface area contributed by atoms with Crippen molar-refractivity contribution in [2.24, 2.45) is 0 Å². The molecule has 4 heteroatoms. The van der Waals surface area contributed by atoms with E-state index in [1.165, 1.54) is 13.4 Å². The van der Waals surface area contributed by atoms with E-state index in [-0.39, 0.29) is 18.2 Å². The van der Waals surface area contributed by atoms with E-state index in [9.17, 15) is 9.59 Å². The largest absolute Gasteiger partial charge is 0.469 e. The van der Waals surface area contributed by atoms with Crippen molar-refractivity contribution in [3.8, 4) is 0 Å². The molecule has 1 aromatic rings. The van der Waals surface area contributed by atoms with Crippen LogP contribution in [0.25, 0.3) is 0 Å². The number of ether oxygens (including phenoxy) is 1. The smallest absolute Gasteiger partial charge is 0.310 e. The van der Waals surface area contributed by atoms with Crippen molar-refractivity contribution in [1.82, 2.24) is 0 Å². The molecule has 0 radical (unpaired) electrons. The van der Waals surface area contributed by atoms with Crippen LogP contribution in [-0.4, -0.2) is 18.9 Å². The van der Waals surface area contributed by atoms with Crippen molar-refractivity contribution in [2.75, 3.05) is 7.11 Å². The maximum atomic E-state index is 11.3. The number of carbonyl (C=O) groups is 2. The Hall–Kier alpha value is -1.58. The van der Waals surface area contributed by atoms with E-state index in [1.54, 1.807) is 6.07 Å². The molecule has 0 amide bonds. The summed E-state index contributed by atoms with van der Waals surface area (Å²) in [6, 6.07) is 1.80. The van der Waals surface area contributed by atoms with Gasteiger partial charge in [-0.05, 0) is 12.5 Å². The lowest BCUT2D eigenvalue weighted by atomic mass is 10.1. The minimum absolute atomic E-state index is 0.211. The molecule has 0 aliphatic carbocycles. The number of hydrogen-bond acceptors (Lipinski definition) is 4. The fourth-order valence-corrected chi connectivity index (χ4v) is 1.56. The molecule has 1 rings (SSSR count). The average Bonchev–Trinajstić information content (AvgIpc) is 2.74. The third kappa shape index (κ3) is 4.85. The monoisotopic (exact) mass is 238 g/mol. The SMILES string of the molecule is CCCC(=O)CCc1cc(CC(=O)OC)co1. The molecule has 0 atom stereocenters. The Labute approximate surface area is 101 Å². The number of methoxy groups -OCH3 is 1. The molecule has 1 heterocycles. The molecule has 1 aromatic heterocycles. The van der Waals surface area contributed by atoms with Crippen molar-refractivity contribution in [2.45, 2.75) is 39.0 Å². The van der Waals surface area contributed by atoms with Crippen LogP contribution in [0.15, 0.2) is 16.7 Å². The van der Waals surface area contributed by atoms with Crippen LogP contribution in [0.1, 0.15) is 37.5 Å². The minimum atomic E-state index is -0.292. The number of ketones is 1. The van der Waals surface area contributed by atoms with E-state index in [1.807, 2.05) is 6.92 Å². The molecule has 0 unspecified atom stereocenters. The molecule has 94 valence electrons. The van der Waals surface area contributed by atoms with E-state index in [0.29, 0.717) is 19.3 Å². The summed E-state index contributed by atoms with van der Waals surface area (Å²) < 4.78 is 9.84. The molecule has 4 nitrogen and oxygen atoms in total. The van der Waals surface area contributed by atoms with Crippen LogP contribution in [0, 0.1) is 0 Å². The van der Waals surface area contributed by atoms with Gasteiger partial charge in [0.05, 0.1) is 19.8 Å². The number of hydrogen-bond donors (Lipinski definition) is 0. The van der Waals surface area contributed by atoms with Crippen molar-refractivity contribution in [3.63, 3.8) is 0 Å². The van der Waals surface area contributed by atoms with Crippen molar-refractivity contribution in [1.29, 1.82) is 0 Å². The highest BCUT2D eigenvalue weighted by Crippen LogP contribution is 2.12. The van der Waals surface area contributed by atoms with E-state index in [0.717, 1.165) is 17.7 Å². The van der Waals surface area contributed by atoms with Gasteiger partial charge in [0, 0.05) is 24.8 Å². The van der Waals surface area contributed by atoms with Crippen LogP contribution in [0.3, 0.4) is 0 Å². The predicted octanol–water partition coefficient (Wildman–Crippen LogP) is 2.30. The summed E-state index contributed by atoms with van der Waals surface area (Å²) in [4.78, 5) is 22.4. The van der Waals surface area contributed by atoms with E-state index < -0.39 is 0 Å². The fraction of sp³-hybridized carbons (Fsp3) is 0.538. The van der Waals surface area contributed by atoms with Gasteiger partial charge in [0.15, 0.2) is 0 Å². The molecular weight excluding hydrogens is 220 g/mol. The number of aryl methyl sites for hydroxylation is 1. The summed E-state index contributed by atoms with van der Waals surface area (Å²) in [5, 5.41) is 0. The molecule has 0 saturated heterocycles. The Balaban J connectivity index is 2.40. The molecule has 0 aromatic carbocycles. The molecule has 0 aliphatic rings. The molecule has 0 saturated carbocycles. The first-order chi connectivity index (χ1) is 8.15. The van der Waals surface area contributed by atoms with Crippen LogP contribution in [0.4, 0.5) is 0 Å². The van der Waals surface area contributed by atoms with E-state index >= 15 is 0 Å². The molecular formula is C13H18O4. The highest BCUT2D eigenvalue weighted by Gasteiger charge is 2.08. The zero-order valence-corrected chi connectivity index (χ0v) is 10.3. The molecule has 17 heavy (non-hydrogen) atoms. The van der Waals surface area contributed by atoms with Crippen LogP contribution >= 0.6 is 0 Å². The van der Waals surface area contributed by atoms with E-state index in [2.05, 4.69) is 4.74 Å². The number of carbonyl (C=O) groups excluding carboxylic acids is 2. The summed E-state index contributed by atoms with van der Waals surface area (Å²) in [5.41, 5.74) is 0.787.